The standard InChI is InChI=1S/C34H35FO3/c1-23(36)19-29(25-9-7-6-8-10-25)26-12-14-27(15-13-26)38-22-24-11-17-32(34(2,3)4)30(20-24)31-21-28(37-5)16-18-33(31)35/h6-18,20-21,29H,19,22H2,1-5H3/t29-/m1/s1. The molecule has 4 aromatic rings. The predicted octanol–water partition coefficient (Wildman–Crippen LogP) is 8.49. The van der Waals surface area contributed by atoms with Crippen molar-refractivity contribution in [3.8, 4) is 22.6 Å². The highest BCUT2D eigenvalue weighted by Crippen LogP contribution is 2.37. The van der Waals surface area contributed by atoms with Crippen molar-refractivity contribution in [2.24, 2.45) is 0 Å². The van der Waals surface area contributed by atoms with Gasteiger partial charge in [0.05, 0.1) is 7.11 Å². The Balaban J connectivity index is 1.57. The van der Waals surface area contributed by atoms with Crippen LogP contribution in [0.4, 0.5) is 4.39 Å². The molecule has 0 aliphatic rings. The first-order valence-corrected chi connectivity index (χ1v) is 12.9. The summed E-state index contributed by atoms with van der Waals surface area (Å²) in [6, 6.07) is 28.9. The number of carbonyl (C=O) groups is 1. The Morgan fingerprint density at radius 2 is 1.47 bits per heavy atom. The maximum Gasteiger partial charge on any atom is 0.131 e. The van der Waals surface area contributed by atoms with Crippen LogP contribution >= 0.6 is 0 Å². The average Bonchev–Trinajstić information content (AvgIpc) is 2.91. The predicted molar refractivity (Wildman–Crippen MR) is 151 cm³/mol. The van der Waals surface area contributed by atoms with Gasteiger partial charge in [0.25, 0.3) is 0 Å². The summed E-state index contributed by atoms with van der Waals surface area (Å²) in [6.45, 7) is 8.34. The van der Waals surface area contributed by atoms with Crippen molar-refractivity contribution in [1.82, 2.24) is 0 Å². The fourth-order valence-corrected chi connectivity index (χ4v) is 4.76. The van der Waals surface area contributed by atoms with Crippen molar-refractivity contribution in [2.45, 2.75) is 52.1 Å². The van der Waals surface area contributed by atoms with Gasteiger partial charge in [-0.3, -0.25) is 4.79 Å². The first-order valence-electron chi connectivity index (χ1n) is 12.9. The van der Waals surface area contributed by atoms with Gasteiger partial charge >= 0.3 is 0 Å². The Kier molecular flexibility index (Phi) is 8.31. The SMILES string of the molecule is COc1ccc(F)c(-c2cc(COc3ccc([C@H](CC(C)=O)c4ccccc4)cc3)ccc2C(C)(C)C)c1. The zero-order chi connectivity index (χ0) is 27.3. The molecular weight excluding hydrogens is 475 g/mol. The highest BCUT2D eigenvalue weighted by Gasteiger charge is 2.22. The number of Topliss-reactive ketones (excluding diaryl/α,β-unsaturated/α-hetero) is 1. The molecule has 0 saturated carbocycles. The number of hydrogen-bond acceptors (Lipinski definition) is 3. The smallest absolute Gasteiger partial charge is 0.131 e. The van der Waals surface area contributed by atoms with Gasteiger partial charge in [-0.25, -0.2) is 4.39 Å². The van der Waals surface area contributed by atoms with Crippen molar-refractivity contribution >= 4 is 5.78 Å². The summed E-state index contributed by atoms with van der Waals surface area (Å²) in [6.07, 6.45) is 0.452. The van der Waals surface area contributed by atoms with Gasteiger partial charge in [0.1, 0.15) is 29.7 Å². The van der Waals surface area contributed by atoms with E-state index in [4.69, 9.17) is 9.47 Å². The van der Waals surface area contributed by atoms with Crippen LogP contribution < -0.4 is 9.47 Å². The van der Waals surface area contributed by atoms with Crippen LogP contribution in [0.15, 0.2) is 91.0 Å². The van der Waals surface area contributed by atoms with Crippen LogP contribution in [0, 0.1) is 5.82 Å². The molecule has 38 heavy (non-hydrogen) atoms. The molecule has 3 nitrogen and oxygen atoms in total. The van der Waals surface area contributed by atoms with Crippen LogP contribution in [-0.2, 0) is 16.8 Å². The number of ether oxygens (including phenoxy) is 2. The van der Waals surface area contributed by atoms with Gasteiger partial charge in [0, 0.05) is 17.9 Å². The van der Waals surface area contributed by atoms with Gasteiger partial charge in [-0.05, 0) is 76.6 Å². The molecular formula is C34H35FO3. The van der Waals surface area contributed by atoms with Gasteiger partial charge in [-0.1, -0.05) is 75.4 Å². The molecule has 0 heterocycles. The molecule has 0 amide bonds. The highest BCUT2D eigenvalue weighted by molar-refractivity contribution is 5.77. The zero-order valence-electron chi connectivity index (χ0n) is 22.8. The second-order valence-electron chi connectivity index (χ2n) is 10.7. The van der Waals surface area contributed by atoms with Crippen molar-refractivity contribution in [1.29, 1.82) is 0 Å². The Labute approximate surface area is 225 Å². The van der Waals surface area contributed by atoms with Crippen LogP contribution in [-0.4, -0.2) is 12.9 Å². The monoisotopic (exact) mass is 510 g/mol. The first kappa shape index (κ1) is 27.1. The lowest BCUT2D eigenvalue weighted by molar-refractivity contribution is -0.117. The number of hydrogen-bond donors (Lipinski definition) is 0. The van der Waals surface area contributed by atoms with E-state index in [1.165, 1.54) is 6.07 Å². The maximum atomic E-state index is 14.9. The topological polar surface area (TPSA) is 35.5 Å². The van der Waals surface area contributed by atoms with E-state index in [2.05, 4.69) is 39.0 Å². The molecule has 196 valence electrons. The van der Waals surface area contributed by atoms with Crippen LogP contribution in [0.25, 0.3) is 11.1 Å². The van der Waals surface area contributed by atoms with Crippen molar-refractivity contribution in [2.75, 3.05) is 7.11 Å². The zero-order valence-corrected chi connectivity index (χ0v) is 22.8. The molecule has 4 rings (SSSR count). The average molecular weight is 511 g/mol. The molecule has 4 aromatic carbocycles. The van der Waals surface area contributed by atoms with Gasteiger partial charge in [-0.2, -0.15) is 0 Å². The number of halogens is 1. The number of benzene rings is 4. The number of carbonyl (C=O) groups excluding carboxylic acids is 1. The van der Waals surface area contributed by atoms with E-state index < -0.39 is 0 Å². The Bertz CT molecular complexity index is 1390. The van der Waals surface area contributed by atoms with Crippen LogP contribution in [0.1, 0.15) is 62.3 Å². The first-order chi connectivity index (χ1) is 18.2. The van der Waals surface area contributed by atoms with E-state index >= 15 is 0 Å². The summed E-state index contributed by atoms with van der Waals surface area (Å²) in [5.74, 6) is 1.22. The van der Waals surface area contributed by atoms with E-state index in [1.54, 1.807) is 26.2 Å². The largest absolute Gasteiger partial charge is 0.497 e. The normalized spacial score (nSPS) is 12.2. The minimum Gasteiger partial charge on any atom is -0.497 e. The van der Waals surface area contributed by atoms with E-state index in [0.29, 0.717) is 24.3 Å². The fraction of sp³-hybridized carbons (Fsp3) is 0.265. The lowest BCUT2D eigenvalue weighted by Gasteiger charge is -2.24. The summed E-state index contributed by atoms with van der Waals surface area (Å²) in [5, 5.41) is 0. The molecule has 0 bridgehead atoms. The Morgan fingerprint density at radius 1 is 0.816 bits per heavy atom. The van der Waals surface area contributed by atoms with E-state index in [0.717, 1.165) is 33.6 Å². The minimum atomic E-state index is -0.288. The Hall–Kier alpha value is -3.92. The molecule has 0 fully saturated rings. The molecule has 0 spiro atoms. The summed E-state index contributed by atoms with van der Waals surface area (Å²) in [5.41, 5.74) is 5.36. The van der Waals surface area contributed by atoms with E-state index in [1.807, 2.05) is 54.6 Å². The van der Waals surface area contributed by atoms with Gasteiger partial charge < -0.3 is 9.47 Å². The summed E-state index contributed by atoms with van der Waals surface area (Å²) in [7, 11) is 1.58. The Morgan fingerprint density at radius 3 is 2.11 bits per heavy atom. The molecule has 0 aliphatic carbocycles. The highest BCUT2D eigenvalue weighted by atomic mass is 19.1. The van der Waals surface area contributed by atoms with E-state index in [9.17, 15) is 9.18 Å². The third kappa shape index (κ3) is 6.49. The van der Waals surface area contributed by atoms with Crippen molar-refractivity contribution in [3.63, 3.8) is 0 Å². The minimum absolute atomic E-state index is 0.00742. The number of methoxy groups -OCH3 is 1. The van der Waals surface area contributed by atoms with Gasteiger partial charge in [0.15, 0.2) is 0 Å². The number of rotatable bonds is 9. The molecule has 0 aliphatic heterocycles. The lowest BCUT2D eigenvalue weighted by atomic mass is 9.81. The summed E-state index contributed by atoms with van der Waals surface area (Å²) >= 11 is 0. The third-order valence-corrected chi connectivity index (χ3v) is 6.74. The summed E-state index contributed by atoms with van der Waals surface area (Å²) in [4.78, 5) is 11.9. The van der Waals surface area contributed by atoms with Gasteiger partial charge in [-0.15, -0.1) is 0 Å². The quantitative estimate of drug-likeness (QED) is 0.226. The second-order valence-corrected chi connectivity index (χ2v) is 10.7. The molecule has 1 atom stereocenters. The number of ketones is 1. The lowest BCUT2D eigenvalue weighted by Crippen LogP contribution is -2.13. The molecule has 4 heteroatoms. The molecule has 0 N–H and O–H groups in total. The third-order valence-electron chi connectivity index (χ3n) is 6.74. The van der Waals surface area contributed by atoms with Crippen molar-refractivity contribution in [3.05, 3.63) is 119 Å². The van der Waals surface area contributed by atoms with Gasteiger partial charge in [0.2, 0.25) is 0 Å². The molecule has 0 unspecified atom stereocenters. The second kappa shape index (κ2) is 11.6. The van der Waals surface area contributed by atoms with Crippen LogP contribution in [0.2, 0.25) is 0 Å². The van der Waals surface area contributed by atoms with Crippen LogP contribution in [0.3, 0.4) is 0 Å². The fourth-order valence-electron chi connectivity index (χ4n) is 4.76. The van der Waals surface area contributed by atoms with E-state index in [-0.39, 0.29) is 22.9 Å². The molecule has 0 radical (unpaired) electrons. The van der Waals surface area contributed by atoms with Crippen LogP contribution in [0.5, 0.6) is 11.5 Å². The van der Waals surface area contributed by atoms with Crippen molar-refractivity contribution < 1.29 is 18.7 Å². The molecule has 0 saturated heterocycles. The summed E-state index contributed by atoms with van der Waals surface area (Å²) < 4.78 is 26.4. The molecule has 0 aromatic heterocycles. The maximum absolute atomic E-state index is 14.9.